The van der Waals surface area contributed by atoms with E-state index in [1.807, 2.05) is 0 Å². The molecule has 0 aliphatic heterocycles. The first kappa shape index (κ1) is 27.8. The molecule has 28 heavy (non-hydrogen) atoms. The zero-order valence-electron chi connectivity index (χ0n) is 18.6. The van der Waals surface area contributed by atoms with Gasteiger partial charge in [0.2, 0.25) is 0 Å². The third kappa shape index (κ3) is 19.1. The predicted molar refractivity (Wildman–Crippen MR) is 117 cm³/mol. The first-order valence-corrected chi connectivity index (χ1v) is 11.6. The van der Waals surface area contributed by atoms with Crippen molar-refractivity contribution in [2.45, 2.75) is 116 Å². The van der Waals surface area contributed by atoms with Crippen molar-refractivity contribution in [3.05, 3.63) is 0 Å². The maximum atomic E-state index is 5.10. The van der Waals surface area contributed by atoms with Crippen LogP contribution in [0.2, 0.25) is 0 Å². The summed E-state index contributed by atoms with van der Waals surface area (Å²) >= 11 is 0. The monoisotopic (exact) mass is 403 g/mol. The summed E-state index contributed by atoms with van der Waals surface area (Å²) < 4.78 is 0. The fourth-order valence-corrected chi connectivity index (χ4v) is 4.00. The van der Waals surface area contributed by atoms with E-state index in [0.717, 1.165) is 19.3 Å². The summed E-state index contributed by atoms with van der Waals surface area (Å²) in [4.78, 5) is 13.9. The Morgan fingerprint density at radius 3 is 0.964 bits per heavy atom. The number of hydrogen-bond acceptors (Lipinski definition) is 6. The molecule has 0 radical (unpaired) electrons. The van der Waals surface area contributed by atoms with Gasteiger partial charge in [-0.2, -0.15) is 0 Å². The van der Waals surface area contributed by atoms with Gasteiger partial charge in [0.05, 0.1) is 19.8 Å². The van der Waals surface area contributed by atoms with Crippen LogP contribution in [-0.4, -0.2) is 19.8 Å². The van der Waals surface area contributed by atoms with Crippen LogP contribution in [-0.2, 0) is 14.5 Å². The molecule has 0 saturated heterocycles. The van der Waals surface area contributed by atoms with Crippen LogP contribution in [0.25, 0.3) is 0 Å². The summed E-state index contributed by atoms with van der Waals surface area (Å²) in [5.41, 5.74) is 0.491. The van der Waals surface area contributed by atoms with Crippen LogP contribution in [0, 0.1) is 5.41 Å². The largest absolute Gasteiger partial charge is 0.305 e. The highest BCUT2D eigenvalue weighted by atomic mass is 16.6. The molecule has 0 aliphatic rings. The maximum Gasteiger partial charge on any atom is 0.0679 e. The van der Waals surface area contributed by atoms with Crippen molar-refractivity contribution in [3.8, 4) is 0 Å². The summed E-state index contributed by atoms with van der Waals surface area (Å²) in [6, 6.07) is 0. The Morgan fingerprint density at radius 2 is 0.679 bits per heavy atom. The summed E-state index contributed by atoms with van der Waals surface area (Å²) in [5.74, 6) is 15.3. The van der Waals surface area contributed by atoms with E-state index >= 15 is 0 Å². The Labute approximate surface area is 174 Å². The summed E-state index contributed by atoms with van der Waals surface area (Å²) in [6.45, 7) is 4.57. The first-order chi connectivity index (χ1) is 13.7. The smallest absolute Gasteiger partial charge is 0.0679 e. The van der Waals surface area contributed by atoms with Crippen LogP contribution in [0.3, 0.4) is 0 Å². The minimum atomic E-state index is 0.491. The molecular weight excluding hydrogens is 354 g/mol. The van der Waals surface area contributed by atoms with Crippen LogP contribution >= 0.6 is 0 Å². The van der Waals surface area contributed by atoms with Gasteiger partial charge in [0.15, 0.2) is 0 Å². The number of unbranched alkanes of at least 4 members (excludes halogenated alkanes) is 11. The highest BCUT2D eigenvalue weighted by molar-refractivity contribution is 4.75. The third-order valence-corrected chi connectivity index (χ3v) is 5.88. The minimum Gasteiger partial charge on any atom is -0.305 e. The second kappa shape index (κ2) is 21.5. The van der Waals surface area contributed by atoms with E-state index in [2.05, 4.69) is 21.4 Å². The molecule has 0 amide bonds. The standard InChI is InChI=1S/C22H49N3O3/c1-22(18-12-6-9-15-21-28-25,16-10-4-2-7-13-19-26-23)17-11-5-3-8-14-20-27-24/h2-21,23-25H2,1H3. The van der Waals surface area contributed by atoms with Gasteiger partial charge in [-0.25, -0.2) is 17.7 Å². The number of nitrogens with two attached hydrogens (primary N) is 3. The SMILES string of the molecule is CC(CCCCCCCON)(CCCCCCCON)CCCCCCON. The topological polar surface area (TPSA) is 106 Å². The molecule has 0 unspecified atom stereocenters. The molecule has 0 aromatic carbocycles. The van der Waals surface area contributed by atoms with E-state index in [1.165, 1.54) is 89.9 Å². The van der Waals surface area contributed by atoms with Crippen molar-refractivity contribution >= 4 is 0 Å². The lowest BCUT2D eigenvalue weighted by molar-refractivity contribution is 0.132. The van der Waals surface area contributed by atoms with Crippen molar-refractivity contribution in [3.63, 3.8) is 0 Å². The van der Waals surface area contributed by atoms with Gasteiger partial charge in [0.1, 0.15) is 0 Å². The fourth-order valence-electron chi connectivity index (χ4n) is 4.00. The molecule has 0 aromatic rings. The quantitative estimate of drug-likeness (QED) is 0.158. The van der Waals surface area contributed by atoms with Crippen LogP contribution in [0.15, 0.2) is 0 Å². The van der Waals surface area contributed by atoms with Crippen molar-refractivity contribution in [1.29, 1.82) is 0 Å². The average Bonchev–Trinajstić information content (AvgIpc) is 2.69. The lowest BCUT2D eigenvalue weighted by Crippen LogP contribution is -2.16. The van der Waals surface area contributed by atoms with Gasteiger partial charge in [-0.05, 0) is 43.9 Å². The molecule has 0 rings (SSSR count). The zero-order chi connectivity index (χ0) is 20.8. The first-order valence-electron chi connectivity index (χ1n) is 11.6. The second-order valence-corrected chi connectivity index (χ2v) is 8.62. The van der Waals surface area contributed by atoms with E-state index in [4.69, 9.17) is 17.7 Å². The Morgan fingerprint density at radius 1 is 0.429 bits per heavy atom. The number of rotatable bonds is 23. The molecule has 6 heteroatoms. The Hall–Kier alpha value is -0.240. The van der Waals surface area contributed by atoms with Crippen molar-refractivity contribution in [2.24, 2.45) is 23.1 Å². The lowest BCUT2D eigenvalue weighted by Gasteiger charge is -2.30. The fraction of sp³-hybridized carbons (Fsp3) is 1.00. The Kier molecular flexibility index (Phi) is 21.3. The molecule has 0 aliphatic carbocycles. The van der Waals surface area contributed by atoms with E-state index in [-0.39, 0.29) is 0 Å². The molecule has 0 bridgehead atoms. The highest BCUT2D eigenvalue weighted by Crippen LogP contribution is 2.36. The molecule has 6 N–H and O–H groups in total. The summed E-state index contributed by atoms with van der Waals surface area (Å²) in [5, 5.41) is 0. The van der Waals surface area contributed by atoms with E-state index < -0.39 is 0 Å². The van der Waals surface area contributed by atoms with Crippen molar-refractivity contribution < 1.29 is 14.5 Å². The van der Waals surface area contributed by atoms with Crippen LogP contribution in [0.1, 0.15) is 116 Å². The predicted octanol–water partition coefficient (Wildman–Crippen LogP) is 5.30. The molecule has 6 nitrogen and oxygen atoms in total. The molecule has 170 valence electrons. The third-order valence-electron chi connectivity index (χ3n) is 5.88. The average molecular weight is 404 g/mol. The Bertz CT molecular complexity index is 289. The molecule has 0 fully saturated rings. The molecule has 0 aromatic heterocycles. The van der Waals surface area contributed by atoms with Gasteiger partial charge >= 0.3 is 0 Å². The molecule has 0 heterocycles. The van der Waals surface area contributed by atoms with E-state index in [9.17, 15) is 0 Å². The zero-order valence-corrected chi connectivity index (χ0v) is 18.6. The van der Waals surface area contributed by atoms with Crippen molar-refractivity contribution in [2.75, 3.05) is 19.8 Å². The molecule has 0 spiro atoms. The van der Waals surface area contributed by atoms with Gasteiger partial charge < -0.3 is 14.5 Å². The van der Waals surface area contributed by atoms with Crippen LogP contribution < -0.4 is 17.7 Å². The molecular formula is C22H49N3O3. The molecule has 0 atom stereocenters. The van der Waals surface area contributed by atoms with Gasteiger partial charge in [0.25, 0.3) is 0 Å². The maximum absolute atomic E-state index is 5.10. The van der Waals surface area contributed by atoms with E-state index in [1.54, 1.807) is 0 Å². The van der Waals surface area contributed by atoms with Gasteiger partial charge in [-0.15, -0.1) is 0 Å². The van der Waals surface area contributed by atoms with Crippen molar-refractivity contribution in [1.82, 2.24) is 0 Å². The number of hydrogen-bond donors (Lipinski definition) is 3. The van der Waals surface area contributed by atoms with Gasteiger partial charge in [-0.1, -0.05) is 77.6 Å². The minimum absolute atomic E-state index is 0.491. The summed E-state index contributed by atoms with van der Waals surface area (Å²) in [6.07, 6.45) is 21.5. The van der Waals surface area contributed by atoms with Gasteiger partial charge in [-0.3, -0.25) is 0 Å². The Balaban J connectivity index is 4.02. The van der Waals surface area contributed by atoms with Crippen LogP contribution in [0.4, 0.5) is 0 Å². The van der Waals surface area contributed by atoms with Gasteiger partial charge in [0, 0.05) is 0 Å². The second-order valence-electron chi connectivity index (χ2n) is 8.62. The summed E-state index contributed by atoms with van der Waals surface area (Å²) in [7, 11) is 0. The highest BCUT2D eigenvalue weighted by Gasteiger charge is 2.22. The normalized spacial score (nSPS) is 12.0. The molecule has 0 saturated carbocycles. The van der Waals surface area contributed by atoms with Crippen LogP contribution in [0.5, 0.6) is 0 Å². The van der Waals surface area contributed by atoms with E-state index in [0.29, 0.717) is 25.2 Å². The lowest BCUT2D eigenvalue weighted by atomic mass is 9.75.